The molecule has 0 aromatic heterocycles. The molecule has 112 valence electrons. The first-order valence-corrected chi connectivity index (χ1v) is 6.08. The van der Waals surface area contributed by atoms with Crippen LogP contribution >= 0.6 is 0 Å². The van der Waals surface area contributed by atoms with Crippen LogP contribution in [0.25, 0.3) is 0 Å². The van der Waals surface area contributed by atoms with E-state index in [1.165, 1.54) is 6.92 Å². The van der Waals surface area contributed by atoms with Crippen molar-refractivity contribution in [1.82, 2.24) is 5.32 Å². The van der Waals surface area contributed by atoms with Crippen molar-refractivity contribution >= 4 is 17.8 Å². The van der Waals surface area contributed by atoms with E-state index >= 15 is 0 Å². The number of esters is 1. The predicted octanol–water partition coefficient (Wildman–Crippen LogP) is 1.17. The summed E-state index contributed by atoms with van der Waals surface area (Å²) in [7, 11) is 1.15. The molecular formula is C13H20N2O5. The lowest BCUT2D eigenvalue weighted by Gasteiger charge is -2.22. The molecule has 0 rings (SSSR count). The zero-order chi connectivity index (χ0) is 15.9. The van der Waals surface area contributed by atoms with E-state index in [0.29, 0.717) is 0 Å². The smallest absolute Gasteiger partial charge is 0.408 e. The molecule has 0 aromatic carbocycles. The number of rotatable bonds is 5. The van der Waals surface area contributed by atoms with Crippen LogP contribution in [0.2, 0.25) is 0 Å². The van der Waals surface area contributed by atoms with Crippen LogP contribution in [0.4, 0.5) is 4.79 Å². The summed E-state index contributed by atoms with van der Waals surface area (Å²) >= 11 is 0. The second-order valence-corrected chi connectivity index (χ2v) is 5.25. The number of ketones is 1. The number of ether oxygens (including phenoxy) is 2. The van der Waals surface area contributed by atoms with E-state index in [9.17, 15) is 14.4 Å². The molecule has 1 amide bonds. The van der Waals surface area contributed by atoms with Crippen LogP contribution in [0.5, 0.6) is 0 Å². The molecular weight excluding hydrogens is 264 g/mol. The normalized spacial score (nSPS) is 13.6. The van der Waals surface area contributed by atoms with Gasteiger partial charge in [-0.1, -0.05) is 0 Å². The third kappa shape index (κ3) is 6.73. The summed E-state index contributed by atoms with van der Waals surface area (Å²) in [6.07, 6.45) is -0.936. The van der Waals surface area contributed by atoms with Gasteiger partial charge in [0.1, 0.15) is 23.3 Å². The Morgan fingerprint density at radius 3 is 2.20 bits per heavy atom. The average molecular weight is 284 g/mol. The number of methoxy groups -OCH3 is 1. The summed E-state index contributed by atoms with van der Waals surface area (Å²) < 4.78 is 9.49. The fraction of sp³-hybridized carbons (Fsp3) is 0.692. The molecule has 0 aliphatic rings. The Hall–Kier alpha value is -2.10. The van der Waals surface area contributed by atoms with E-state index in [2.05, 4.69) is 10.1 Å². The second-order valence-electron chi connectivity index (χ2n) is 5.25. The highest BCUT2D eigenvalue weighted by Gasteiger charge is 2.29. The van der Waals surface area contributed by atoms with Gasteiger partial charge >= 0.3 is 12.1 Å². The molecule has 0 saturated carbocycles. The fourth-order valence-electron chi connectivity index (χ4n) is 1.40. The minimum Gasteiger partial charge on any atom is -0.468 e. The van der Waals surface area contributed by atoms with Gasteiger partial charge in [-0.2, -0.15) is 5.26 Å². The van der Waals surface area contributed by atoms with Gasteiger partial charge < -0.3 is 14.8 Å². The number of carbonyl (C=O) groups excluding carboxylic acids is 3. The van der Waals surface area contributed by atoms with Crippen molar-refractivity contribution in [2.45, 2.75) is 45.8 Å². The van der Waals surface area contributed by atoms with E-state index in [1.54, 1.807) is 20.8 Å². The van der Waals surface area contributed by atoms with Crippen LogP contribution in [0.3, 0.4) is 0 Å². The van der Waals surface area contributed by atoms with Crippen molar-refractivity contribution in [2.24, 2.45) is 5.92 Å². The lowest BCUT2D eigenvalue weighted by atomic mass is 9.97. The molecule has 20 heavy (non-hydrogen) atoms. The summed E-state index contributed by atoms with van der Waals surface area (Å²) in [5, 5.41) is 11.3. The summed E-state index contributed by atoms with van der Waals surface area (Å²) in [5.41, 5.74) is -0.702. The van der Waals surface area contributed by atoms with Crippen LogP contribution in [-0.2, 0) is 19.1 Å². The largest absolute Gasteiger partial charge is 0.468 e. The molecule has 0 bridgehead atoms. The standard InChI is InChI=1S/C13H20N2O5/c1-8(16)10(11(17)19-5)6-9(7-14)15-12(18)20-13(2,3)4/h9-10H,6H2,1-5H3,(H,15,18). The Bertz CT molecular complexity index is 419. The summed E-state index contributed by atoms with van der Waals surface area (Å²) in [6, 6.07) is 0.795. The number of hydrogen-bond donors (Lipinski definition) is 1. The first-order chi connectivity index (χ1) is 9.10. The van der Waals surface area contributed by atoms with Crippen molar-refractivity contribution in [1.29, 1.82) is 5.26 Å². The van der Waals surface area contributed by atoms with Gasteiger partial charge in [0.25, 0.3) is 0 Å². The Kier molecular flexibility index (Phi) is 6.69. The van der Waals surface area contributed by atoms with Crippen molar-refractivity contribution < 1.29 is 23.9 Å². The minimum atomic E-state index is -1.08. The average Bonchev–Trinajstić information content (AvgIpc) is 2.30. The maximum Gasteiger partial charge on any atom is 0.408 e. The number of amides is 1. The van der Waals surface area contributed by atoms with Gasteiger partial charge in [0, 0.05) is 6.42 Å². The highest BCUT2D eigenvalue weighted by Crippen LogP contribution is 2.12. The lowest BCUT2D eigenvalue weighted by Crippen LogP contribution is -2.41. The number of carbonyl (C=O) groups is 3. The number of hydrogen-bond acceptors (Lipinski definition) is 6. The quantitative estimate of drug-likeness (QED) is 0.600. The van der Waals surface area contributed by atoms with Crippen molar-refractivity contribution in [3.8, 4) is 6.07 Å². The molecule has 2 atom stereocenters. The number of nitrogens with one attached hydrogen (secondary N) is 1. The maximum absolute atomic E-state index is 11.5. The molecule has 0 fully saturated rings. The SMILES string of the molecule is COC(=O)C(CC(C#N)NC(=O)OC(C)(C)C)C(C)=O. The second kappa shape index (κ2) is 7.48. The summed E-state index contributed by atoms with van der Waals surface area (Å²) in [6.45, 7) is 6.27. The predicted molar refractivity (Wildman–Crippen MR) is 69.6 cm³/mol. The van der Waals surface area contributed by atoms with Crippen LogP contribution in [0, 0.1) is 17.2 Å². The molecule has 1 N–H and O–H groups in total. The Balaban J connectivity index is 4.69. The van der Waals surface area contributed by atoms with E-state index in [1.807, 2.05) is 6.07 Å². The van der Waals surface area contributed by atoms with Crippen LogP contribution < -0.4 is 5.32 Å². The van der Waals surface area contributed by atoms with Crippen molar-refractivity contribution in [3.05, 3.63) is 0 Å². The minimum absolute atomic E-state index is 0.155. The molecule has 7 nitrogen and oxygen atoms in total. The Labute approximate surface area is 118 Å². The third-order valence-corrected chi connectivity index (χ3v) is 2.29. The fourth-order valence-corrected chi connectivity index (χ4v) is 1.40. The highest BCUT2D eigenvalue weighted by molar-refractivity contribution is 5.97. The zero-order valence-corrected chi connectivity index (χ0v) is 12.4. The first kappa shape index (κ1) is 17.9. The number of Topliss-reactive ketones (excluding diaryl/α,β-unsaturated/α-hetero) is 1. The van der Waals surface area contributed by atoms with E-state index in [4.69, 9.17) is 10.00 Å². The Morgan fingerprint density at radius 1 is 1.30 bits per heavy atom. The molecule has 0 spiro atoms. The van der Waals surface area contributed by atoms with Gasteiger partial charge in [-0.25, -0.2) is 4.79 Å². The van der Waals surface area contributed by atoms with Crippen LogP contribution in [0.15, 0.2) is 0 Å². The van der Waals surface area contributed by atoms with Crippen molar-refractivity contribution in [3.63, 3.8) is 0 Å². The van der Waals surface area contributed by atoms with Crippen molar-refractivity contribution in [2.75, 3.05) is 7.11 Å². The summed E-state index contributed by atoms with van der Waals surface area (Å²) in [5.74, 6) is -2.24. The molecule has 0 heterocycles. The lowest BCUT2D eigenvalue weighted by molar-refractivity contribution is -0.149. The van der Waals surface area contributed by atoms with Gasteiger partial charge in [-0.15, -0.1) is 0 Å². The maximum atomic E-state index is 11.5. The topological polar surface area (TPSA) is 105 Å². The van der Waals surface area contributed by atoms with Gasteiger partial charge in [0.15, 0.2) is 0 Å². The number of alkyl carbamates (subject to hydrolysis) is 1. The molecule has 7 heteroatoms. The number of nitrogens with zero attached hydrogens (tertiary/aromatic N) is 1. The van der Waals surface area contributed by atoms with E-state index in [0.717, 1.165) is 7.11 Å². The summed E-state index contributed by atoms with van der Waals surface area (Å²) in [4.78, 5) is 34.3. The molecule has 0 aliphatic carbocycles. The highest BCUT2D eigenvalue weighted by atomic mass is 16.6. The molecule has 2 unspecified atom stereocenters. The molecule has 0 aliphatic heterocycles. The van der Waals surface area contributed by atoms with Gasteiger partial charge in [0.2, 0.25) is 0 Å². The number of nitriles is 1. The van der Waals surface area contributed by atoms with Gasteiger partial charge in [-0.05, 0) is 27.7 Å². The van der Waals surface area contributed by atoms with Crippen LogP contribution in [0.1, 0.15) is 34.1 Å². The monoisotopic (exact) mass is 284 g/mol. The molecule has 0 radical (unpaired) electrons. The van der Waals surface area contributed by atoms with Crippen LogP contribution in [-0.4, -0.2) is 36.6 Å². The van der Waals surface area contributed by atoms with E-state index < -0.39 is 35.4 Å². The molecule has 0 aromatic rings. The van der Waals surface area contributed by atoms with Gasteiger partial charge in [-0.3, -0.25) is 9.59 Å². The molecule has 0 saturated heterocycles. The third-order valence-electron chi connectivity index (χ3n) is 2.29. The van der Waals surface area contributed by atoms with E-state index in [-0.39, 0.29) is 6.42 Å². The first-order valence-electron chi connectivity index (χ1n) is 6.08. The zero-order valence-electron chi connectivity index (χ0n) is 12.4. The Morgan fingerprint density at radius 2 is 1.85 bits per heavy atom. The van der Waals surface area contributed by atoms with Gasteiger partial charge in [0.05, 0.1) is 13.2 Å².